The molecule has 4 rings (SSSR count). The molecule has 1 aliphatic rings. The van der Waals surface area contributed by atoms with Gasteiger partial charge in [-0.2, -0.15) is 0 Å². The summed E-state index contributed by atoms with van der Waals surface area (Å²) in [6, 6.07) is 19.9. The zero-order valence-electron chi connectivity index (χ0n) is 15.9. The smallest absolute Gasteiger partial charge is 0.0855 e. The third-order valence-corrected chi connectivity index (χ3v) is 6.51. The Morgan fingerprint density at radius 1 is 1.15 bits per heavy atom. The van der Waals surface area contributed by atoms with Crippen LogP contribution in [0.25, 0.3) is 10.1 Å². The highest BCUT2D eigenvalue weighted by Crippen LogP contribution is 2.28. The first-order chi connectivity index (χ1) is 13.3. The van der Waals surface area contributed by atoms with E-state index in [1.807, 2.05) is 11.3 Å². The van der Waals surface area contributed by atoms with Gasteiger partial charge in [-0.1, -0.05) is 48.5 Å². The number of thiophene rings is 1. The molecule has 2 aromatic carbocycles. The lowest BCUT2D eigenvalue weighted by molar-refractivity contribution is -0.0299. The lowest BCUT2D eigenvalue weighted by Crippen LogP contribution is -2.51. The van der Waals surface area contributed by atoms with Crippen molar-refractivity contribution in [2.24, 2.45) is 0 Å². The van der Waals surface area contributed by atoms with Crippen LogP contribution in [0.1, 0.15) is 17.5 Å². The first-order valence-corrected chi connectivity index (χ1v) is 10.7. The van der Waals surface area contributed by atoms with Crippen molar-refractivity contribution in [1.82, 2.24) is 10.2 Å². The Bertz CT molecular complexity index is 842. The number of hydrogen-bond acceptors (Lipinski definition) is 4. The fraction of sp³-hybridized carbons (Fsp3) is 0.391. The topological polar surface area (TPSA) is 24.5 Å². The molecule has 1 fully saturated rings. The van der Waals surface area contributed by atoms with Gasteiger partial charge >= 0.3 is 0 Å². The molecular weight excluding hydrogens is 352 g/mol. The molecule has 27 heavy (non-hydrogen) atoms. The molecule has 1 saturated heterocycles. The van der Waals surface area contributed by atoms with Gasteiger partial charge in [0.05, 0.1) is 12.7 Å². The van der Waals surface area contributed by atoms with Gasteiger partial charge in [0, 0.05) is 30.4 Å². The Morgan fingerprint density at radius 3 is 2.78 bits per heavy atom. The molecule has 142 valence electrons. The Labute approximate surface area is 166 Å². The maximum absolute atomic E-state index is 6.15. The number of ether oxygens (including phenoxy) is 1. The summed E-state index contributed by atoms with van der Waals surface area (Å²) >= 11 is 1.86. The molecule has 0 spiro atoms. The third-order valence-electron chi connectivity index (χ3n) is 5.50. The maximum Gasteiger partial charge on any atom is 0.0855 e. The summed E-state index contributed by atoms with van der Waals surface area (Å²) in [5.74, 6) is 0. The summed E-state index contributed by atoms with van der Waals surface area (Å²) in [6.07, 6.45) is 2.45. The lowest BCUT2D eigenvalue weighted by Gasteiger charge is -2.37. The number of aryl methyl sites for hydroxylation is 1. The molecule has 1 aromatic heterocycles. The van der Waals surface area contributed by atoms with Crippen molar-refractivity contribution in [3.8, 4) is 0 Å². The van der Waals surface area contributed by atoms with Crippen molar-refractivity contribution in [1.29, 1.82) is 0 Å². The van der Waals surface area contributed by atoms with E-state index in [0.29, 0.717) is 6.04 Å². The van der Waals surface area contributed by atoms with E-state index in [1.165, 1.54) is 21.2 Å². The first-order valence-electron chi connectivity index (χ1n) is 9.83. The molecule has 3 nitrogen and oxygen atoms in total. The Kier molecular flexibility index (Phi) is 6.20. The zero-order chi connectivity index (χ0) is 18.5. The first kappa shape index (κ1) is 18.6. The van der Waals surface area contributed by atoms with Crippen molar-refractivity contribution in [3.05, 3.63) is 71.1 Å². The van der Waals surface area contributed by atoms with Gasteiger partial charge in [-0.25, -0.2) is 0 Å². The van der Waals surface area contributed by atoms with Crippen LogP contribution in [-0.4, -0.2) is 43.8 Å². The van der Waals surface area contributed by atoms with Crippen LogP contribution in [0.2, 0.25) is 0 Å². The third kappa shape index (κ3) is 4.58. The van der Waals surface area contributed by atoms with Gasteiger partial charge in [-0.05, 0) is 47.8 Å². The average Bonchev–Trinajstić information content (AvgIpc) is 3.13. The molecule has 0 bridgehead atoms. The van der Waals surface area contributed by atoms with E-state index in [9.17, 15) is 0 Å². The summed E-state index contributed by atoms with van der Waals surface area (Å²) in [7, 11) is 2.24. The van der Waals surface area contributed by atoms with Gasteiger partial charge in [0.2, 0.25) is 0 Å². The van der Waals surface area contributed by atoms with Crippen LogP contribution < -0.4 is 5.32 Å². The Balaban J connectivity index is 1.48. The standard InChI is InChI=1S/C23H28N2OS/c1-25(16-18-7-3-2-4-8-18)21(22-15-24-13-14-26-22)12-11-19-17-27-23-10-6-5-9-20(19)23/h2-10,17,21-22,24H,11-16H2,1H3. The molecule has 3 aromatic rings. The molecule has 2 atom stereocenters. The van der Waals surface area contributed by atoms with E-state index < -0.39 is 0 Å². The largest absolute Gasteiger partial charge is 0.374 e. The van der Waals surface area contributed by atoms with E-state index in [4.69, 9.17) is 4.74 Å². The second kappa shape index (κ2) is 8.98. The average molecular weight is 381 g/mol. The van der Waals surface area contributed by atoms with E-state index in [1.54, 1.807) is 0 Å². The van der Waals surface area contributed by atoms with Gasteiger partial charge in [-0.15, -0.1) is 11.3 Å². The summed E-state index contributed by atoms with van der Waals surface area (Å²) in [5, 5.41) is 7.25. The van der Waals surface area contributed by atoms with E-state index in [2.05, 4.69) is 77.2 Å². The minimum atomic E-state index is 0.248. The lowest BCUT2D eigenvalue weighted by atomic mass is 9.98. The molecule has 2 unspecified atom stereocenters. The SMILES string of the molecule is CN(Cc1ccccc1)C(CCc1csc2ccccc12)C1CNCCO1. The second-order valence-corrected chi connectivity index (χ2v) is 8.29. The zero-order valence-corrected chi connectivity index (χ0v) is 16.8. The number of hydrogen-bond donors (Lipinski definition) is 1. The number of rotatable bonds is 7. The molecule has 0 radical (unpaired) electrons. The highest BCUT2D eigenvalue weighted by Gasteiger charge is 2.28. The molecule has 0 amide bonds. The van der Waals surface area contributed by atoms with E-state index >= 15 is 0 Å². The molecular formula is C23H28N2OS. The van der Waals surface area contributed by atoms with Crippen LogP contribution in [0.4, 0.5) is 0 Å². The molecule has 0 saturated carbocycles. The minimum Gasteiger partial charge on any atom is -0.374 e. The van der Waals surface area contributed by atoms with Gasteiger partial charge in [0.25, 0.3) is 0 Å². The van der Waals surface area contributed by atoms with Crippen molar-refractivity contribution < 1.29 is 4.74 Å². The predicted octanol–water partition coefficient (Wildman–Crippen LogP) is 4.32. The Morgan fingerprint density at radius 2 is 1.96 bits per heavy atom. The van der Waals surface area contributed by atoms with Gasteiger partial charge in [0.1, 0.15) is 0 Å². The predicted molar refractivity (Wildman–Crippen MR) is 114 cm³/mol. The Hall–Kier alpha value is -1.72. The quantitative estimate of drug-likeness (QED) is 0.660. The molecule has 4 heteroatoms. The fourth-order valence-electron chi connectivity index (χ4n) is 4.04. The van der Waals surface area contributed by atoms with Crippen molar-refractivity contribution >= 4 is 21.4 Å². The summed E-state index contributed by atoms with van der Waals surface area (Å²) in [5.41, 5.74) is 2.83. The van der Waals surface area contributed by atoms with Gasteiger partial charge < -0.3 is 10.1 Å². The van der Waals surface area contributed by atoms with Gasteiger partial charge in [0.15, 0.2) is 0 Å². The van der Waals surface area contributed by atoms with E-state index in [-0.39, 0.29) is 6.10 Å². The second-order valence-electron chi connectivity index (χ2n) is 7.38. The van der Waals surface area contributed by atoms with Crippen LogP contribution in [-0.2, 0) is 17.7 Å². The van der Waals surface area contributed by atoms with Crippen LogP contribution in [0.5, 0.6) is 0 Å². The van der Waals surface area contributed by atoms with Crippen LogP contribution in [0.3, 0.4) is 0 Å². The molecule has 0 aliphatic carbocycles. The van der Waals surface area contributed by atoms with E-state index in [0.717, 1.165) is 39.1 Å². The van der Waals surface area contributed by atoms with Crippen molar-refractivity contribution in [2.45, 2.75) is 31.5 Å². The van der Waals surface area contributed by atoms with Crippen LogP contribution in [0, 0.1) is 0 Å². The minimum absolute atomic E-state index is 0.248. The number of likely N-dealkylation sites (N-methyl/N-ethyl adjacent to an activating group) is 1. The highest BCUT2D eigenvalue weighted by molar-refractivity contribution is 7.17. The van der Waals surface area contributed by atoms with Crippen LogP contribution >= 0.6 is 11.3 Å². The highest BCUT2D eigenvalue weighted by atomic mass is 32.1. The van der Waals surface area contributed by atoms with Crippen molar-refractivity contribution in [2.75, 3.05) is 26.7 Å². The summed E-state index contributed by atoms with van der Waals surface area (Å²) < 4.78 is 7.54. The van der Waals surface area contributed by atoms with Gasteiger partial charge in [-0.3, -0.25) is 4.90 Å². The normalized spacial score (nSPS) is 18.8. The maximum atomic E-state index is 6.15. The molecule has 1 aliphatic heterocycles. The molecule has 2 heterocycles. The number of nitrogens with one attached hydrogen (secondary N) is 1. The van der Waals surface area contributed by atoms with Crippen LogP contribution in [0.15, 0.2) is 60.0 Å². The number of nitrogens with zero attached hydrogens (tertiary/aromatic N) is 1. The summed E-state index contributed by atoms with van der Waals surface area (Å²) in [4.78, 5) is 2.47. The van der Waals surface area contributed by atoms with Crippen molar-refractivity contribution in [3.63, 3.8) is 0 Å². The molecule has 1 N–H and O–H groups in total. The fourth-order valence-corrected chi connectivity index (χ4v) is 5.04. The number of morpholine rings is 1. The number of fused-ring (bicyclic) bond motifs is 1. The number of benzene rings is 2. The summed E-state index contributed by atoms with van der Waals surface area (Å²) in [6.45, 7) is 3.66. The monoisotopic (exact) mass is 380 g/mol.